The summed E-state index contributed by atoms with van der Waals surface area (Å²) in [5.74, 6) is -2.26. The van der Waals surface area contributed by atoms with Crippen LogP contribution >= 0.6 is 0 Å². The average Bonchev–Trinajstić information content (AvgIpc) is 2.65. The number of hydrogen-bond acceptors (Lipinski definition) is 5. The van der Waals surface area contributed by atoms with E-state index in [-0.39, 0.29) is 13.0 Å². The lowest BCUT2D eigenvalue weighted by atomic mass is 10.2. The zero-order valence-corrected chi connectivity index (χ0v) is 8.98. The first-order chi connectivity index (χ1) is 7.91. The largest absolute Gasteiger partial charge is 0.480 e. The number of hydrogen-bond donors (Lipinski definition) is 4. The molecule has 0 fully saturated rings. The second kappa shape index (κ2) is 5.41. The number of carboxylic acids is 2. The van der Waals surface area contributed by atoms with Crippen molar-refractivity contribution in [2.45, 2.75) is 25.0 Å². The molecule has 0 aliphatic carbocycles. The number of carbonyl (C=O) groups is 2. The van der Waals surface area contributed by atoms with E-state index >= 15 is 0 Å². The molecule has 1 aromatic heterocycles. The van der Waals surface area contributed by atoms with Crippen molar-refractivity contribution in [1.29, 1.82) is 0 Å². The SMILES string of the molecule is N[C@@H](Cc1cncn1C[C@H](N)C(=O)O)C(=O)O. The van der Waals surface area contributed by atoms with Gasteiger partial charge in [0.1, 0.15) is 12.1 Å². The van der Waals surface area contributed by atoms with Gasteiger partial charge in [-0.25, -0.2) is 4.98 Å². The van der Waals surface area contributed by atoms with Crippen molar-refractivity contribution in [2.75, 3.05) is 0 Å². The van der Waals surface area contributed by atoms with Gasteiger partial charge < -0.3 is 26.2 Å². The van der Waals surface area contributed by atoms with Crippen LogP contribution in [0.3, 0.4) is 0 Å². The highest BCUT2D eigenvalue weighted by Gasteiger charge is 2.17. The number of aromatic nitrogens is 2. The van der Waals surface area contributed by atoms with Gasteiger partial charge in [0.15, 0.2) is 0 Å². The summed E-state index contributed by atoms with van der Waals surface area (Å²) in [6.07, 6.45) is 2.91. The van der Waals surface area contributed by atoms with E-state index in [0.717, 1.165) is 0 Å². The summed E-state index contributed by atoms with van der Waals surface area (Å²) in [6, 6.07) is -2.12. The fourth-order valence-electron chi connectivity index (χ4n) is 1.29. The number of aliphatic carboxylic acids is 2. The van der Waals surface area contributed by atoms with Gasteiger partial charge in [0.2, 0.25) is 0 Å². The van der Waals surface area contributed by atoms with Crippen LogP contribution in [0.5, 0.6) is 0 Å². The maximum atomic E-state index is 10.6. The minimum Gasteiger partial charge on any atom is -0.480 e. The molecular weight excluding hydrogens is 228 g/mol. The number of rotatable bonds is 6. The van der Waals surface area contributed by atoms with Crippen molar-refractivity contribution < 1.29 is 19.8 Å². The van der Waals surface area contributed by atoms with Crippen molar-refractivity contribution in [3.05, 3.63) is 18.2 Å². The van der Waals surface area contributed by atoms with Crippen LogP contribution in [0.15, 0.2) is 12.5 Å². The van der Waals surface area contributed by atoms with Crippen LogP contribution in [0.2, 0.25) is 0 Å². The van der Waals surface area contributed by atoms with E-state index in [1.54, 1.807) is 0 Å². The molecule has 8 nitrogen and oxygen atoms in total. The Morgan fingerprint density at radius 2 is 1.88 bits per heavy atom. The number of nitrogens with two attached hydrogens (primary N) is 2. The molecule has 17 heavy (non-hydrogen) atoms. The molecule has 2 atom stereocenters. The summed E-state index contributed by atoms with van der Waals surface area (Å²) in [5.41, 5.74) is 11.3. The monoisotopic (exact) mass is 242 g/mol. The van der Waals surface area contributed by atoms with Gasteiger partial charge in [0.25, 0.3) is 0 Å². The second-order valence-corrected chi connectivity index (χ2v) is 3.63. The Hall–Kier alpha value is -1.93. The Bertz CT molecular complexity index is 380. The molecule has 6 N–H and O–H groups in total. The topological polar surface area (TPSA) is 144 Å². The molecule has 0 amide bonds. The Kier molecular flexibility index (Phi) is 4.18. The Balaban J connectivity index is 2.72. The summed E-state index contributed by atoms with van der Waals surface area (Å²) in [5, 5.41) is 17.3. The van der Waals surface area contributed by atoms with Gasteiger partial charge >= 0.3 is 11.9 Å². The standard InChI is InChI=1S/C9H14N4O4/c10-6(8(14)15)1-5-2-12-4-13(5)3-7(11)9(16)17/h2,4,6-7H,1,3,10-11H2,(H,14,15)(H,16,17)/t6-,7-/m0/s1. The Morgan fingerprint density at radius 1 is 1.29 bits per heavy atom. The van der Waals surface area contributed by atoms with Crippen molar-refractivity contribution >= 4 is 11.9 Å². The molecule has 0 aliphatic heterocycles. The van der Waals surface area contributed by atoms with Crippen LogP contribution in [-0.2, 0) is 22.6 Å². The molecule has 0 saturated carbocycles. The minimum atomic E-state index is -1.13. The van der Waals surface area contributed by atoms with Crippen molar-refractivity contribution in [3.63, 3.8) is 0 Å². The van der Waals surface area contributed by atoms with E-state index in [1.807, 2.05) is 0 Å². The highest BCUT2D eigenvalue weighted by atomic mass is 16.4. The van der Waals surface area contributed by atoms with Crippen molar-refractivity contribution in [1.82, 2.24) is 9.55 Å². The number of carboxylic acid groups (broad SMARTS) is 2. The van der Waals surface area contributed by atoms with E-state index in [0.29, 0.717) is 5.69 Å². The summed E-state index contributed by atoms with van der Waals surface area (Å²) in [4.78, 5) is 25.0. The first kappa shape index (κ1) is 13.1. The van der Waals surface area contributed by atoms with E-state index in [4.69, 9.17) is 21.7 Å². The molecule has 0 radical (unpaired) electrons. The maximum Gasteiger partial charge on any atom is 0.322 e. The quantitative estimate of drug-likeness (QED) is 0.462. The molecule has 1 rings (SSSR count). The zero-order valence-electron chi connectivity index (χ0n) is 8.98. The van der Waals surface area contributed by atoms with E-state index in [1.165, 1.54) is 17.1 Å². The zero-order chi connectivity index (χ0) is 13.0. The lowest BCUT2D eigenvalue weighted by Crippen LogP contribution is -2.36. The molecule has 0 unspecified atom stereocenters. The molecule has 1 heterocycles. The number of nitrogens with zero attached hydrogens (tertiary/aromatic N) is 2. The minimum absolute atomic E-state index is 0.0248. The van der Waals surface area contributed by atoms with Crippen LogP contribution in [0.25, 0.3) is 0 Å². The molecule has 0 saturated heterocycles. The summed E-state index contributed by atoms with van der Waals surface area (Å²) < 4.78 is 1.49. The molecule has 8 heteroatoms. The highest BCUT2D eigenvalue weighted by molar-refractivity contribution is 5.73. The van der Waals surface area contributed by atoms with Crippen molar-refractivity contribution in [2.24, 2.45) is 11.5 Å². The summed E-state index contributed by atoms with van der Waals surface area (Å²) in [6.45, 7) is 0.0248. The van der Waals surface area contributed by atoms with Gasteiger partial charge in [-0.05, 0) is 0 Å². The van der Waals surface area contributed by atoms with Gasteiger partial charge in [-0.3, -0.25) is 9.59 Å². The van der Waals surface area contributed by atoms with Gasteiger partial charge in [-0.1, -0.05) is 0 Å². The Morgan fingerprint density at radius 3 is 2.41 bits per heavy atom. The van der Waals surface area contributed by atoms with Crippen LogP contribution in [0.1, 0.15) is 5.69 Å². The fourth-order valence-corrected chi connectivity index (χ4v) is 1.29. The number of imidazole rings is 1. The van der Waals surface area contributed by atoms with Gasteiger partial charge in [0, 0.05) is 24.9 Å². The van der Waals surface area contributed by atoms with Crippen LogP contribution < -0.4 is 11.5 Å². The average molecular weight is 242 g/mol. The Labute approximate surface area is 96.9 Å². The molecule has 94 valence electrons. The molecule has 0 aliphatic rings. The first-order valence-electron chi connectivity index (χ1n) is 4.87. The summed E-state index contributed by atoms with van der Waals surface area (Å²) >= 11 is 0. The molecule has 1 aromatic rings. The van der Waals surface area contributed by atoms with E-state index in [9.17, 15) is 9.59 Å². The molecule has 0 bridgehead atoms. The van der Waals surface area contributed by atoms with E-state index < -0.39 is 24.0 Å². The molecule has 0 spiro atoms. The smallest absolute Gasteiger partial charge is 0.322 e. The van der Waals surface area contributed by atoms with Gasteiger partial charge in [-0.15, -0.1) is 0 Å². The van der Waals surface area contributed by atoms with Crippen LogP contribution in [0, 0.1) is 0 Å². The highest BCUT2D eigenvalue weighted by Crippen LogP contribution is 2.04. The second-order valence-electron chi connectivity index (χ2n) is 3.63. The van der Waals surface area contributed by atoms with Crippen LogP contribution in [-0.4, -0.2) is 43.8 Å². The first-order valence-corrected chi connectivity index (χ1v) is 4.87. The molecular formula is C9H14N4O4. The third-order valence-corrected chi connectivity index (χ3v) is 2.26. The third-order valence-electron chi connectivity index (χ3n) is 2.26. The normalized spacial score (nSPS) is 14.2. The van der Waals surface area contributed by atoms with E-state index in [2.05, 4.69) is 4.98 Å². The fraction of sp³-hybridized carbons (Fsp3) is 0.444. The third kappa shape index (κ3) is 3.54. The predicted molar refractivity (Wildman–Crippen MR) is 57.2 cm³/mol. The molecule has 0 aromatic carbocycles. The van der Waals surface area contributed by atoms with Crippen molar-refractivity contribution in [3.8, 4) is 0 Å². The lowest BCUT2D eigenvalue weighted by Gasteiger charge is -2.12. The van der Waals surface area contributed by atoms with Gasteiger partial charge in [0.05, 0.1) is 6.33 Å². The van der Waals surface area contributed by atoms with Crippen LogP contribution in [0.4, 0.5) is 0 Å². The summed E-state index contributed by atoms with van der Waals surface area (Å²) in [7, 11) is 0. The predicted octanol–water partition coefficient (Wildman–Crippen LogP) is -1.75. The maximum absolute atomic E-state index is 10.6. The lowest BCUT2D eigenvalue weighted by molar-refractivity contribution is -0.139. The van der Waals surface area contributed by atoms with Gasteiger partial charge in [-0.2, -0.15) is 0 Å².